The van der Waals surface area contributed by atoms with Crippen molar-refractivity contribution in [2.75, 3.05) is 32.7 Å². The number of aromatic nitrogens is 3. The summed E-state index contributed by atoms with van der Waals surface area (Å²) in [7, 11) is 0. The third-order valence-electron chi connectivity index (χ3n) is 3.61. The van der Waals surface area contributed by atoms with E-state index >= 15 is 0 Å². The Balaban J connectivity index is 1.60. The summed E-state index contributed by atoms with van der Waals surface area (Å²) in [5.41, 5.74) is 0.507. The van der Waals surface area contributed by atoms with Gasteiger partial charge in [0.15, 0.2) is 0 Å². The maximum absolute atomic E-state index is 11.3. The molecule has 0 unspecified atom stereocenters. The van der Waals surface area contributed by atoms with E-state index in [1.807, 2.05) is 0 Å². The lowest BCUT2D eigenvalue weighted by Crippen LogP contribution is -2.43. The van der Waals surface area contributed by atoms with Crippen molar-refractivity contribution >= 4 is 11.0 Å². The molecule has 2 N–H and O–H groups in total. The average molecular weight is 273 g/mol. The molecule has 0 amide bonds. The van der Waals surface area contributed by atoms with E-state index in [-0.39, 0.29) is 5.56 Å². The van der Waals surface area contributed by atoms with Crippen LogP contribution in [0, 0.1) is 0 Å². The fraction of sp³-hybridized carbons (Fsp3) is 0.500. The van der Waals surface area contributed by atoms with Crippen LogP contribution in [0.5, 0.6) is 0 Å². The molecule has 1 aliphatic rings. The fourth-order valence-electron chi connectivity index (χ4n) is 2.49. The lowest BCUT2D eigenvalue weighted by Gasteiger charge is -2.26. The van der Waals surface area contributed by atoms with E-state index in [0.717, 1.165) is 56.8 Å². The molecule has 6 nitrogen and oxygen atoms in total. The summed E-state index contributed by atoms with van der Waals surface area (Å²) < 4.78 is 0. The Morgan fingerprint density at radius 1 is 1.25 bits per heavy atom. The number of aromatic amines is 1. The van der Waals surface area contributed by atoms with E-state index in [9.17, 15) is 4.79 Å². The molecule has 1 aliphatic heterocycles. The summed E-state index contributed by atoms with van der Waals surface area (Å²) in [5.74, 6) is 0.800. The van der Waals surface area contributed by atoms with Gasteiger partial charge in [-0.05, 0) is 19.0 Å². The smallest absolute Gasteiger partial charge is 0.249 e. The third-order valence-corrected chi connectivity index (χ3v) is 3.61. The number of fused-ring (bicyclic) bond motifs is 1. The van der Waals surface area contributed by atoms with Crippen LogP contribution in [-0.2, 0) is 6.42 Å². The highest BCUT2D eigenvalue weighted by Crippen LogP contribution is 2.06. The summed E-state index contributed by atoms with van der Waals surface area (Å²) in [4.78, 5) is 25.3. The lowest BCUT2D eigenvalue weighted by atomic mass is 10.2. The summed E-state index contributed by atoms with van der Waals surface area (Å²) >= 11 is 0. The second kappa shape index (κ2) is 6.11. The molecule has 0 aromatic carbocycles. The van der Waals surface area contributed by atoms with Crippen molar-refractivity contribution in [3.63, 3.8) is 0 Å². The second-order valence-electron chi connectivity index (χ2n) is 5.11. The highest BCUT2D eigenvalue weighted by Gasteiger charge is 2.09. The largest absolute Gasteiger partial charge is 0.314 e. The van der Waals surface area contributed by atoms with E-state index in [0.29, 0.717) is 5.65 Å². The maximum atomic E-state index is 11.3. The minimum atomic E-state index is -0.122. The molecule has 1 saturated heterocycles. The Hall–Kier alpha value is -1.79. The highest BCUT2D eigenvalue weighted by atomic mass is 16.1. The summed E-state index contributed by atoms with van der Waals surface area (Å²) in [6.07, 6.45) is 3.66. The van der Waals surface area contributed by atoms with E-state index < -0.39 is 0 Å². The molecule has 6 heteroatoms. The summed E-state index contributed by atoms with van der Waals surface area (Å²) in [6, 6.07) is 3.24. The Labute approximate surface area is 117 Å². The molecule has 2 aromatic rings. The Morgan fingerprint density at radius 2 is 2.10 bits per heavy atom. The molecule has 20 heavy (non-hydrogen) atoms. The van der Waals surface area contributed by atoms with Gasteiger partial charge in [-0.2, -0.15) is 0 Å². The molecule has 3 heterocycles. The number of nitrogens with zero attached hydrogens (tertiary/aromatic N) is 3. The number of piperazine rings is 1. The van der Waals surface area contributed by atoms with Crippen LogP contribution in [-0.4, -0.2) is 52.6 Å². The van der Waals surface area contributed by atoms with Gasteiger partial charge in [-0.15, -0.1) is 0 Å². The van der Waals surface area contributed by atoms with Gasteiger partial charge in [0.25, 0.3) is 0 Å². The Bertz CT molecular complexity index is 633. The fourth-order valence-corrected chi connectivity index (χ4v) is 2.49. The third kappa shape index (κ3) is 3.20. The van der Waals surface area contributed by atoms with Crippen LogP contribution in [0.3, 0.4) is 0 Å². The molecular formula is C14H19N5O. The molecule has 3 rings (SSSR count). The van der Waals surface area contributed by atoms with Crippen molar-refractivity contribution in [1.82, 2.24) is 25.2 Å². The predicted octanol–water partition coefficient (Wildman–Crippen LogP) is 0.156. The van der Waals surface area contributed by atoms with E-state index in [1.165, 1.54) is 6.07 Å². The first kappa shape index (κ1) is 13.2. The standard InChI is InChI=1S/C14H19N5O/c20-13-4-3-11-10-16-12(17-14(11)18-13)2-1-7-19-8-5-15-6-9-19/h3-4,10,15H,1-2,5-9H2,(H,16,17,18,20). The van der Waals surface area contributed by atoms with Crippen molar-refractivity contribution < 1.29 is 0 Å². The van der Waals surface area contributed by atoms with Gasteiger partial charge in [0, 0.05) is 50.2 Å². The van der Waals surface area contributed by atoms with Crippen molar-refractivity contribution in [3.8, 4) is 0 Å². The highest BCUT2D eigenvalue weighted by molar-refractivity contribution is 5.72. The predicted molar refractivity (Wildman–Crippen MR) is 77.8 cm³/mol. The van der Waals surface area contributed by atoms with Gasteiger partial charge >= 0.3 is 0 Å². The number of nitrogens with one attached hydrogen (secondary N) is 2. The molecule has 106 valence electrons. The van der Waals surface area contributed by atoms with Crippen LogP contribution < -0.4 is 10.9 Å². The monoisotopic (exact) mass is 273 g/mol. The van der Waals surface area contributed by atoms with Crippen LogP contribution >= 0.6 is 0 Å². The van der Waals surface area contributed by atoms with Gasteiger partial charge in [-0.3, -0.25) is 4.79 Å². The number of aryl methyl sites for hydroxylation is 1. The van der Waals surface area contributed by atoms with Crippen molar-refractivity contribution in [2.45, 2.75) is 12.8 Å². The molecular weight excluding hydrogens is 254 g/mol. The van der Waals surface area contributed by atoms with Crippen LogP contribution in [0.1, 0.15) is 12.2 Å². The first-order valence-electron chi connectivity index (χ1n) is 7.09. The van der Waals surface area contributed by atoms with Crippen molar-refractivity contribution in [3.05, 3.63) is 34.5 Å². The number of H-pyrrole nitrogens is 1. The molecule has 0 spiro atoms. The molecule has 0 atom stereocenters. The molecule has 2 aromatic heterocycles. The quantitative estimate of drug-likeness (QED) is 0.830. The van der Waals surface area contributed by atoms with E-state index in [1.54, 1.807) is 12.3 Å². The van der Waals surface area contributed by atoms with Gasteiger partial charge < -0.3 is 15.2 Å². The maximum Gasteiger partial charge on any atom is 0.249 e. The molecule has 1 fully saturated rings. The lowest BCUT2D eigenvalue weighted by molar-refractivity contribution is 0.238. The van der Waals surface area contributed by atoms with Crippen LogP contribution in [0.4, 0.5) is 0 Å². The minimum absolute atomic E-state index is 0.122. The zero-order valence-corrected chi connectivity index (χ0v) is 11.4. The topological polar surface area (TPSA) is 73.9 Å². The molecule has 0 saturated carbocycles. The zero-order valence-electron chi connectivity index (χ0n) is 11.4. The second-order valence-corrected chi connectivity index (χ2v) is 5.11. The summed E-state index contributed by atoms with van der Waals surface area (Å²) in [6.45, 7) is 5.47. The van der Waals surface area contributed by atoms with Crippen LogP contribution in [0.15, 0.2) is 23.1 Å². The number of pyridine rings is 1. The first-order valence-corrected chi connectivity index (χ1v) is 7.09. The Morgan fingerprint density at radius 3 is 2.95 bits per heavy atom. The van der Waals surface area contributed by atoms with Gasteiger partial charge in [0.2, 0.25) is 5.56 Å². The van der Waals surface area contributed by atoms with Gasteiger partial charge in [-0.1, -0.05) is 0 Å². The van der Waals surface area contributed by atoms with Crippen LogP contribution in [0.2, 0.25) is 0 Å². The van der Waals surface area contributed by atoms with Crippen LogP contribution in [0.25, 0.3) is 11.0 Å². The normalized spacial score (nSPS) is 16.6. The molecule has 0 bridgehead atoms. The minimum Gasteiger partial charge on any atom is -0.314 e. The summed E-state index contributed by atoms with van der Waals surface area (Å²) in [5, 5.41) is 4.22. The average Bonchev–Trinajstić information content (AvgIpc) is 2.48. The first-order chi connectivity index (χ1) is 9.81. The van der Waals surface area contributed by atoms with Gasteiger partial charge in [0.1, 0.15) is 11.5 Å². The number of hydrogen-bond acceptors (Lipinski definition) is 5. The van der Waals surface area contributed by atoms with Gasteiger partial charge in [0.05, 0.1) is 0 Å². The number of hydrogen-bond donors (Lipinski definition) is 2. The SMILES string of the molecule is O=c1ccc2cnc(CCCN3CCNCC3)nc2[nH]1. The van der Waals surface area contributed by atoms with E-state index in [4.69, 9.17) is 0 Å². The van der Waals surface area contributed by atoms with Gasteiger partial charge in [-0.25, -0.2) is 9.97 Å². The zero-order chi connectivity index (χ0) is 13.8. The van der Waals surface area contributed by atoms with E-state index in [2.05, 4.69) is 25.2 Å². The number of rotatable bonds is 4. The molecule has 0 radical (unpaired) electrons. The van der Waals surface area contributed by atoms with Crippen molar-refractivity contribution in [2.24, 2.45) is 0 Å². The van der Waals surface area contributed by atoms with Crippen molar-refractivity contribution in [1.29, 1.82) is 0 Å². The molecule has 0 aliphatic carbocycles. The Kier molecular flexibility index (Phi) is 4.03.